The second kappa shape index (κ2) is 19.9. The lowest BCUT2D eigenvalue weighted by atomic mass is 9.90. The van der Waals surface area contributed by atoms with E-state index in [1.807, 2.05) is 0 Å². The number of nitriles is 1. The number of benzene rings is 3. The molecule has 4 aliphatic rings. The van der Waals surface area contributed by atoms with Gasteiger partial charge in [0.15, 0.2) is 5.43 Å². The summed E-state index contributed by atoms with van der Waals surface area (Å²) in [6, 6.07) is 12.2. The molecule has 3 aliphatic heterocycles. The molecule has 1 aromatic heterocycles. The number of rotatable bonds is 16. The van der Waals surface area contributed by atoms with E-state index in [9.17, 15) is 72.5 Å². The molecule has 7 rings (SSSR count). The predicted octanol–water partition coefficient (Wildman–Crippen LogP) is 3.27. The zero-order valence-electron chi connectivity index (χ0n) is 36.1. The number of nitrogens with zero attached hydrogens (tertiary/aromatic N) is 4. The number of thioether (sulfide) groups is 1. The summed E-state index contributed by atoms with van der Waals surface area (Å²) >= 11 is 0.780. The van der Waals surface area contributed by atoms with Crippen LogP contribution >= 0.6 is 11.8 Å². The van der Waals surface area contributed by atoms with Crippen LogP contribution in [0.1, 0.15) is 59.0 Å². The standard InChI is InChI=1S/C46H39F2N7O13S/c1-22(42(62)54-21-46(47,48)17-26(54)18-49)52-41(61)23-10-11-50-24(12-23)19-51-37(58)8-9-38(59)53-33(45(66)67)20-69-36-16-39(60)55(43(36)63)25-2-5-29(32(13-25)44(64)65)40-30-6-3-27(56)14-34(30)68-35-15-28(57)4-7-31(35)40/h2-7,10-15,22,26,33,36,56H,8-9,16-17,19-21H2,1H3,(H,51,58)(H,52,61)(H,53,59)(H,64,65)(H,66,67)/t22-,26+,33?,36?/m1/s1. The normalized spacial score (nSPS) is 17.3. The van der Waals surface area contributed by atoms with Crippen LogP contribution in [-0.2, 0) is 35.3 Å². The van der Waals surface area contributed by atoms with Crippen molar-refractivity contribution < 1.29 is 66.9 Å². The molecule has 356 valence electrons. The molecule has 0 spiro atoms. The molecule has 4 heterocycles. The van der Waals surface area contributed by atoms with E-state index in [-0.39, 0.29) is 69.3 Å². The number of likely N-dealkylation sites (tertiary alicyclic amines) is 1. The zero-order chi connectivity index (χ0) is 49.9. The molecule has 1 aliphatic carbocycles. The van der Waals surface area contributed by atoms with Crippen LogP contribution in [0.3, 0.4) is 0 Å². The van der Waals surface area contributed by atoms with Crippen molar-refractivity contribution in [1.29, 1.82) is 5.26 Å². The van der Waals surface area contributed by atoms with Gasteiger partial charge in [-0.3, -0.25) is 38.5 Å². The van der Waals surface area contributed by atoms with Crippen molar-refractivity contribution in [1.82, 2.24) is 25.8 Å². The highest BCUT2D eigenvalue weighted by Crippen LogP contribution is 2.43. The number of carbonyl (C=O) groups is 8. The Balaban J connectivity index is 0.920. The van der Waals surface area contributed by atoms with Crippen molar-refractivity contribution in [3.05, 3.63) is 100.0 Å². The molecule has 23 heteroatoms. The van der Waals surface area contributed by atoms with Gasteiger partial charge in [-0.2, -0.15) is 5.26 Å². The van der Waals surface area contributed by atoms with Crippen LogP contribution in [0.2, 0.25) is 0 Å². The topological polar surface area (TPSA) is 307 Å². The Hall–Kier alpha value is -8.26. The molecule has 0 bridgehead atoms. The third-order valence-electron chi connectivity index (χ3n) is 11.2. The number of aliphatic carboxylic acids is 1. The zero-order valence-corrected chi connectivity index (χ0v) is 36.9. The van der Waals surface area contributed by atoms with Crippen molar-refractivity contribution in [2.24, 2.45) is 0 Å². The maximum Gasteiger partial charge on any atom is 0.336 e. The Labute approximate surface area is 392 Å². The molecule has 20 nitrogen and oxygen atoms in total. The van der Waals surface area contributed by atoms with Crippen molar-refractivity contribution in [2.45, 2.75) is 68.4 Å². The SMILES string of the molecule is C[C@@H](NC(=O)c1ccnc(CNC(=O)CCC(=O)NC(CSC2CC(=O)N(c3ccc(-c4c5ccc(=O)cc-5oc5cc(O)ccc45)c(C(=O)O)c3)C2=O)C(=O)O)c1)C(=O)N1CC(F)(F)C[C@H]1C#N. The van der Waals surface area contributed by atoms with E-state index in [0.717, 1.165) is 27.6 Å². The maximum absolute atomic E-state index is 13.8. The lowest BCUT2D eigenvalue weighted by molar-refractivity contribution is -0.141. The van der Waals surface area contributed by atoms with E-state index in [2.05, 4.69) is 20.9 Å². The molecule has 2 unspecified atom stereocenters. The van der Waals surface area contributed by atoms with Crippen LogP contribution in [0.5, 0.6) is 5.75 Å². The van der Waals surface area contributed by atoms with Crippen LogP contribution < -0.4 is 26.3 Å². The molecule has 6 amide bonds. The first kappa shape index (κ1) is 48.7. The average molecular weight is 968 g/mol. The van der Waals surface area contributed by atoms with Crippen molar-refractivity contribution in [2.75, 3.05) is 17.2 Å². The van der Waals surface area contributed by atoms with Crippen molar-refractivity contribution >= 4 is 75.8 Å². The van der Waals surface area contributed by atoms with E-state index in [4.69, 9.17) is 4.42 Å². The third kappa shape index (κ3) is 10.8. The fourth-order valence-electron chi connectivity index (χ4n) is 7.85. The molecular weight excluding hydrogens is 929 g/mol. The van der Waals surface area contributed by atoms with E-state index >= 15 is 0 Å². The second-order valence-electron chi connectivity index (χ2n) is 16.1. The number of carbonyl (C=O) groups excluding carboxylic acids is 6. The number of aromatic carboxylic acids is 1. The van der Waals surface area contributed by atoms with Gasteiger partial charge in [0.05, 0.1) is 41.4 Å². The molecule has 6 N–H and O–H groups in total. The van der Waals surface area contributed by atoms with Gasteiger partial charge in [0.1, 0.15) is 35.2 Å². The number of pyridine rings is 1. The molecule has 69 heavy (non-hydrogen) atoms. The molecule has 2 saturated heterocycles. The van der Waals surface area contributed by atoms with E-state index in [1.54, 1.807) is 6.07 Å². The first-order chi connectivity index (χ1) is 32.7. The molecule has 2 fully saturated rings. The Bertz CT molecular complexity index is 3030. The Morgan fingerprint density at radius 3 is 2.42 bits per heavy atom. The first-order valence-electron chi connectivity index (χ1n) is 20.9. The number of imide groups is 1. The van der Waals surface area contributed by atoms with Gasteiger partial charge in [-0.25, -0.2) is 23.3 Å². The van der Waals surface area contributed by atoms with Gasteiger partial charge in [-0.1, -0.05) is 6.07 Å². The smallest absolute Gasteiger partial charge is 0.336 e. The van der Waals surface area contributed by atoms with Gasteiger partial charge < -0.3 is 40.6 Å². The molecule has 3 aromatic rings. The number of hydrogen-bond acceptors (Lipinski definition) is 14. The van der Waals surface area contributed by atoms with Crippen molar-refractivity contribution in [3.63, 3.8) is 0 Å². The largest absolute Gasteiger partial charge is 0.508 e. The highest BCUT2D eigenvalue weighted by Gasteiger charge is 2.48. The minimum atomic E-state index is -3.24. The second-order valence-corrected chi connectivity index (χ2v) is 17.3. The number of phenolic OH excluding ortho intramolecular Hbond substituents is 1. The Morgan fingerprint density at radius 1 is 0.957 bits per heavy atom. The lowest BCUT2D eigenvalue weighted by Crippen LogP contribution is -2.48. The predicted molar refractivity (Wildman–Crippen MR) is 239 cm³/mol. The Kier molecular flexibility index (Phi) is 14.0. The number of alkyl halides is 2. The molecule has 2 aromatic carbocycles. The number of carboxylic acid groups (broad SMARTS) is 2. The van der Waals surface area contributed by atoms with Crippen LogP contribution in [0, 0.1) is 11.3 Å². The van der Waals surface area contributed by atoms with Crippen LogP contribution in [0.25, 0.3) is 33.4 Å². The van der Waals surface area contributed by atoms with E-state index in [1.165, 1.54) is 73.8 Å². The van der Waals surface area contributed by atoms with Gasteiger partial charge >= 0.3 is 11.9 Å². The average Bonchev–Trinajstić information content (AvgIpc) is 3.79. The fourth-order valence-corrected chi connectivity index (χ4v) is 9.01. The number of amides is 6. The quantitative estimate of drug-likeness (QED) is 0.0611. The maximum atomic E-state index is 13.8. The summed E-state index contributed by atoms with van der Waals surface area (Å²) < 4.78 is 33.5. The molecule has 0 saturated carbocycles. The van der Waals surface area contributed by atoms with Gasteiger partial charge in [-0.05, 0) is 61.0 Å². The van der Waals surface area contributed by atoms with Gasteiger partial charge in [0, 0.05) is 71.8 Å². The molecule has 0 radical (unpaired) electrons. The highest BCUT2D eigenvalue weighted by atomic mass is 32.2. The monoisotopic (exact) mass is 967 g/mol. The summed E-state index contributed by atoms with van der Waals surface area (Å²) in [4.78, 5) is 121. The summed E-state index contributed by atoms with van der Waals surface area (Å²) in [5.74, 6) is -11.1. The number of carboxylic acids is 2. The number of halogens is 2. The number of anilines is 1. The lowest BCUT2D eigenvalue weighted by Gasteiger charge is -2.23. The number of nitrogens with one attached hydrogen (secondary N) is 3. The van der Waals surface area contributed by atoms with Crippen LogP contribution in [-0.4, -0.2) is 114 Å². The van der Waals surface area contributed by atoms with Crippen LogP contribution in [0.4, 0.5) is 14.5 Å². The van der Waals surface area contributed by atoms with E-state index < -0.39 is 102 Å². The third-order valence-corrected chi connectivity index (χ3v) is 12.5. The summed E-state index contributed by atoms with van der Waals surface area (Å²) in [5.41, 5.74) is 0.434. The minimum absolute atomic E-state index is 0.0152. The minimum Gasteiger partial charge on any atom is -0.508 e. The fraction of sp³-hybridized carbons (Fsp3) is 0.283. The molecule has 4 atom stereocenters. The summed E-state index contributed by atoms with van der Waals surface area (Å²) in [7, 11) is 0. The van der Waals surface area contributed by atoms with Gasteiger partial charge in [-0.15, -0.1) is 11.8 Å². The highest BCUT2D eigenvalue weighted by molar-refractivity contribution is 8.00. The molecular formula is C46H39F2N7O13S. The number of aromatic hydroxyl groups is 1. The number of hydrogen-bond donors (Lipinski definition) is 6. The summed E-state index contributed by atoms with van der Waals surface area (Å²) in [6.07, 6.45) is -0.801. The Morgan fingerprint density at radius 2 is 1.70 bits per heavy atom. The van der Waals surface area contributed by atoms with Gasteiger partial charge in [0.25, 0.3) is 11.8 Å². The number of phenols is 1. The summed E-state index contributed by atoms with van der Waals surface area (Å²) in [5, 5.41) is 46.0. The number of aromatic nitrogens is 1. The number of fused-ring (bicyclic) bond motifs is 2. The summed E-state index contributed by atoms with van der Waals surface area (Å²) in [6.45, 7) is 0.118. The van der Waals surface area contributed by atoms with Crippen molar-refractivity contribution in [3.8, 4) is 34.3 Å². The van der Waals surface area contributed by atoms with Crippen LogP contribution in [0.15, 0.2) is 82.1 Å². The van der Waals surface area contributed by atoms with E-state index in [0.29, 0.717) is 16.5 Å². The van der Waals surface area contributed by atoms with Gasteiger partial charge in [0.2, 0.25) is 29.5 Å². The first-order valence-corrected chi connectivity index (χ1v) is 22.0.